The van der Waals surface area contributed by atoms with Crippen molar-refractivity contribution in [3.05, 3.63) is 55.6 Å². The van der Waals surface area contributed by atoms with Crippen molar-refractivity contribution in [3.8, 4) is 0 Å². The first kappa shape index (κ1) is 19.3. The summed E-state index contributed by atoms with van der Waals surface area (Å²) in [5.41, 5.74) is 0. The van der Waals surface area contributed by atoms with Gasteiger partial charge in [0.1, 0.15) is 0 Å². The average Bonchev–Trinajstić information content (AvgIpc) is 3.09. The third-order valence-corrected chi connectivity index (χ3v) is 5.25. The summed E-state index contributed by atoms with van der Waals surface area (Å²) in [5.74, 6) is 0. The molecule has 0 nitrogen and oxygen atoms in total. The molecule has 0 unspecified atom stereocenters. The molecule has 0 aliphatic heterocycles. The Labute approximate surface area is 154 Å². The molecule has 0 aromatic carbocycles. The van der Waals surface area contributed by atoms with Gasteiger partial charge in [-0.1, -0.05) is 12.1 Å². The third-order valence-electron chi connectivity index (χ3n) is 1.74. The zero-order valence-corrected chi connectivity index (χ0v) is 15.3. The van der Waals surface area contributed by atoms with Crippen LogP contribution in [0.2, 0.25) is 0 Å². The molecule has 0 N–H and O–H groups in total. The Balaban J connectivity index is 0.000000324. The maximum Gasteiger partial charge on any atom is 0.00586 e. The van der Waals surface area contributed by atoms with Gasteiger partial charge in [-0.15, -0.1) is 22.7 Å². The summed E-state index contributed by atoms with van der Waals surface area (Å²) in [4.78, 5) is 3.69. The van der Waals surface area contributed by atoms with Gasteiger partial charge in [-0.3, -0.25) is 0 Å². The van der Waals surface area contributed by atoms with E-state index in [4.69, 9.17) is 25.3 Å². The van der Waals surface area contributed by atoms with E-state index in [2.05, 4.69) is 25.3 Å². The molecule has 0 spiro atoms. The molecule has 0 aliphatic carbocycles. The van der Waals surface area contributed by atoms with E-state index in [9.17, 15) is 0 Å². The quantitative estimate of drug-likeness (QED) is 0.542. The molecule has 2 rings (SSSR count). The van der Waals surface area contributed by atoms with Gasteiger partial charge < -0.3 is 50.5 Å². The maximum absolute atomic E-state index is 4.93. The van der Waals surface area contributed by atoms with E-state index in [1.807, 2.05) is 35.0 Å². The van der Waals surface area contributed by atoms with Crippen LogP contribution in [0.4, 0.5) is 0 Å². The van der Waals surface area contributed by atoms with Crippen LogP contribution in [-0.2, 0) is 67.0 Å². The van der Waals surface area contributed by atoms with Crippen molar-refractivity contribution in [1.82, 2.24) is 0 Å². The molecule has 0 amide bonds. The van der Waals surface area contributed by atoms with E-state index in [0.717, 1.165) is 19.6 Å². The molecule has 7 heteroatoms. The molecule has 0 bridgehead atoms. The average molecular weight is 403 g/mol. The van der Waals surface area contributed by atoms with Crippen molar-refractivity contribution in [3.63, 3.8) is 0 Å². The molecule has 2 heterocycles. The predicted molar refractivity (Wildman–Crippen MR) is 94.1 cm³/mol. The van der Waals surface area contributed by atoms with Crippen molar-refractivity contribution in [2.24, 2.45) is 0 Å². The monoisotopic (exact) mass is 402 g/mol. The summed E-state index contributed by atoms with van der Waals surface area (Å²) in [6, 6.07) is 7.86. The summed E-state index contributed by atoms with van der Waals surface area (Å²) >= 11 is 22.4. The van der Waals surface area contributed by atoms with Crippen molar-refractivity contribution in [2.45, 2.75) is 0 Å². The first-order valence-corrected chi connectivity index (χ1v) is 8.27. The van der Waals surface area contributed by atoms with Crippen LogP contribution in [0, 0.1) is 0 Å². The molecule has 0 saturated carbocycles. The second-order valence-electron chi connectivity index (χ2n) is 2.92. The van der Waals surface area contributed by atoms with Gasteiger partial charge in [0.05, 0.1) is 0 Å². The van der Waals surface area contributed by atoms with Crippen molar-refractivity contribution >= 4 is 83.0 Å². The van der Waals surface area contributed by atoms with Crippen molar-refractivity contribution in [1.29, 1.82) is 0 Å². The fourth-order valence-corrected chi connectivity index (χ4v) is 3.05. The maximum atomic E-state index is 4.93. The van der Waals surface area contributed by atoms with Gasteiger partial charge in [-0.05, 0) is 22.9 Å². The summed E-state index contributed by atoms with van der Waals surface area (Å²) in [6.07, 6.45) is 0. The van der Waals surface area contributed by atoms with Gasteiger partial charge in [0, 0.05) is 26.2 Å². The molecule has 0 fully saturated rings. The van der Waals surface area contributed by atoms with Crippen LogP contribution in [0.1, 0.15) is 9.75 Å². The number of thiophene rings is 2. The fourth-order valence-electron chi connectivity index (χ4n) is 0.954. The fraction of sp³-hybridized carbons (Fsp3) is 0. The van der Waals surface area contributed by atoms with Crippen molar-refractivity contribution < 1.29 is 16.5 Å². The summed E-state index contributed by atoms with van der Waals surface area (Å²) in [5, 5.41) is 7.03. The van der Waals surface area contributed by atoms with Gasteiger partial charge in [-0.25, -0.2) is 10.8 Å². The van der Waals surface area contributed by atoms with Crippen LogP contribution in [0.3, 0.4) is 0 Å². The summed E-state index contributed by atoms with van der Waals surface area (Å²) in [6.45, 7) is 0. The first-order chi connectivity index (χ1) is 8.69. The Hall–Kier alpha value is 0.254. The Morgan fingerprint density at radius 1 is 0.842 bits per heavy atom. The third kappa shape index (κ3) is 7.00. The van der Waals surface area contributed by atoms with E-state index in [1.165, 1.54) is 10.8 Å². The van der Waals surface area contributed by atoms with Gasteiger partial charge in [0.25, 0.3) is 0 Å². The Kier molecular flexibility index (Phi) is 11.1. The van der Waals surface area contributed by atoms with Crippen LogP contribution in [0.15, 0.2) is 45.8 Å². The number of hydrogen-bond acceptors (Lipinski definition) is 6. The van der Waals surface area contributed by atoms with Crippen LogP contribution in [0.25, 0.3) is 9.81 Å². The van der Waals surface area contributed by atoms with E-state index in [0.29, 0.717) is 0 Å². The molecular formula is C12H8NiS6-4. The zero-order valence-electron chi connectivity index (χ0n) is 9.38. The van der Waals surface area contributed by atoms with E-state index >= 15 is 0 Å². The molecule has 0 saturated heterocycles. The van der Waals surface area contributed by atoms with E-state index in [-0.39, 0.29) is 16.5 Å². The van der Waals surface area contributed by atoms with Crippen LogP contribution < -0.4 is 0 Å². The molecule has 0 radical (unpaired) electrons. The first-order valence-electron chi connectivity index (χ1n) is 4.75. The van der Waals surface area contributed by atoms with Crippen LogP contribution >= 0.6 is 22.7 Å². The molecule has 0 aliphatic rings. The second-order valence-corrected chi connectivity index (χ2v) is 6.17. The molecule has 2 aromatic rings. The molecule has 19 heavy (non-hydrogen) atoms. The van der Waals surface area contributed by atoms with Crippen LogP contribution in [0.5, 0.6) is 0 Å². The minimum Gasteiger partial charge on any atom is -0.789 e. The van der Waals surface area contributed by atoms with Gasteiger partial charge in [-0.2, -0.15) is 9.81 Å². The Bertz CT molecular complexity index is 450. The van der Waals surface area contributed by atoms with Crippen molar-refractivity contribution in [2.75, 3.05) is 0 Å². The smallest absolute Gasteiger partial charge is 0.00586 e. The standard InChI is InChI=1S/2C6H6S3.Ni/c2*7-4-5(8)6-2-1-3-9-6;/h2*1-4,7-8H;/p-4/b2*5-4-;. The normalized spacial score (nSPS) is 11.2. The Morgan fingerprint density at radius 2 is 1.21 bits per heavy atom. The SMILES string of the molecule is [Ni].[S-]/C=C(\[S-])c1cccs1.[S-]/C=C(\[S-])c1cccs1. The molecule has 106 valence electrons. The Morgan fingerprint density at radius 3 is 1.42 bits per heavy atom. The van der Waals surface area contributed by atoms with Gasteiger partial charge >= 0.3 is 0 Å². The minimum absolute atomic E-state index is 0. The molecular weight excluding hydrogens is 395 g/mol. The number of hydrogen-bond donors (Lipinski definition) is 0. The minimum atomic E-state index is 0. The van der Waals surface area contributed by atoms with Gasteiger partial charge in [0.15, 0.2) is 0 Å². The van der Waals surface area contributed by atoms with Gasteiger partial charge in [0.2, 0.25) is 0 Å². The topological polar surface area (TPSA) is 0 Å². The zero-order chi connectivity index (χ0) is 13.4. The van der Waals surface area contributed by atoms with E-state index < -0.39 is 0 Å². The number of rotatable bonds is 2. The molecule has 2 aromatic heterocycles. The van der Waals surface area contributed by atoms with E-state index in [1.54, 1.807) is 22.7 Å². The molecule has 0 atom stereocenters. The predicted octanol–water partition coefficient (Wildman–Crippen LogP) is 4.28. The second kappa shape index (κ2) is 11.0. The summed E-state index contributed by atoms with van der Waals surface area (Å²) in [7, 11) is 0. The van der Waals surface area contributed by atoms with Crippen LogP contribution in [-0.4, -0.2) is 0 Å². The largest absolute Gasteiger partial charge is 0.789 e. The summed E-state index contributed by atoms with van der Waals surface area (Å²) < 4.78 is 0.